The molecular weight excluding hydrogens is 254 g/mol. The van der Waals surface area contributed by atoms with Crippen LogP contribution in [0.3, 0.4) is 0 Å². The second kappa shape index (κ2) is 8.34. The highest BCUT2D eigenvalue weighted by Gasteiger charge is 2.15. The molecule has 7 nitrogen and oxygen atoms in total. The predicted molar refractivity (Wildman–Crippen MR) is 66.4 cm³/mol. The molecule has 1 amide bonds. The highest BCUT2D eigenvalue weighted by molar-refractivity contribution is 5.77. The van der Waals surface area contributed by atoms with E-state index >= 15 is 0 Å². The monoisotopic (exact) mass is 275 g/mol. The van der Waals surface area contributed by atoms with Crippen molar-refractivity contribution in [1.82, 2.24) is 5.32 Å². The van der Waals surface area contributed by atoms with E-state index < -0.39 is 23.6 Å². The van der Waals surface area contributed by atoms with Crippen LogP contribution in [0.15, 0.2) is 0 Å². The van der Waals surface area contributed by atoms with E-state index in [1.165, 1.54) is 7.11 Å². The molecule has 0 atom stereocenters. The molecule has 0 heterocycles. The summed E-state index contributed by atoms with van der Waals surface area (Å²) >= 11 is 0. The molecule has 0 radical (unpaired) electrons. The van der Waals surface area contributed by atoms with Crippen LogP contribution in [-0.2, 0) is 23.8 Å². The Kier molecular flexibility index (Phi) is 7.55. The maximum absolute atomic E-state index is 11.2. The number of ether oxygens (including phenoxy) is 3. The molecule has 0 aromatic carbocycles. The van der Waals surface area contributed by atoms with E-state index in [-0.39, 0.29) is 26.0 Å². The summed E-state index contributed by atoms with van der Waals surface area (Å²) in [7, 11) is 1.25. The van der Waals surface area contributed by atoms with Gasteiger partial charge in [-0.05, 0) is 20.8 Å². The fraction of sp³-hybridized carbons (Fsp3) is 0.750. The molecule has 0 saturated carbocycles. The number of methoxy groups -OCH3 is 1. The first-order chi connectivity index (χ1) is 8.74. The van der Waals surface area contributed by atoms with Gasteiger partial charge >= 0.3 is 18.0 Å². The van der Waals surface area contributed by atoms with E-state index in [0.29, 0.717) is 0 Å². The number of alkyl carbamates (subject to hydrolysis) is 1. The average Bonchev–Trinajstić information content (AvgIpc) is 2.29. The summed E-state index contributed by atoms with van der Waals surface area (Å²) in [5.41, 5.74) is -0.568. The lowest BCUT2D eigenvalue weighted by atomic mass is 10.2. The molecule has 0 aromatic heterocycles. The van der Waals surface area contributed by atoms with E-state index in [1.54, 1.807) is 20.8 Å². The van der Waals surface area contributed by atoms with Crippen molar-refractivity contribution in [3.05, 3.63) is 0 Å². The Labute approximate surface area is 112 Å². The molecular formula is C12H21NO6. The van der Waals surface area contributed by atoms with Gasteiger partial charge in [0.1, 0.15) is 12.2 Å². The number of rotatable bonds is 6. The zero-order chi connectivity index (χ0) is 14.9. The van der Waals surface area contributed by atoms with Crippen molar-refractivity contribution in [2.45, 2.75) is 39.2 Å². The fourth-order valence-electron chi connectivity index (χ4n) is 1.01. The molecule has 1 N–H and O–H groups in total. The normalized spacial score (nSPS) is 10.5. The molecule has 0 aromatic rings. The average molecular weight is 275 g/mol. The molecule has 0 rings (SSSR count). The van der Waals surface area contributed by atoms with Crippen LogP contribution in [0.25, 0.3) is 0 Å². The Bertz CT molecular complexity index is 321. The quantitative estimate of drug-likeness (QED) is 0.442. The van der Waals surface area contributed by atoms with Gasteiger partial charge in [-0.2, -0.15) is 0 Å². The third-order valence-corrected chi connectivity index (χ3v) is 1.79. The first kappa shape index (κ1) is 17.2. The Morgan fingerprint density at radius 3 is 2.16 bits per heavy atom. The van der Waals surface area contributed by atoms with E-state index in [4.69, 9.17) is 9.47 Å². The van der Waals surface area contributed by atoms with Crippen molar-refractivity contribution in [2.24, 2.45) is 0 Å². The van der Waals surface area contributed by atoms with Gasteiger partial charge in [0, 0.05) is 0 Å². The first-order valence-corrected chi connectivity index (χ1v) is 5.94. The standard InChI is InChI=1S/C12H21NO6/c1-12(2,3)19-11(16)13-7-8-18-10(15)6-5-9(14)17-4/h5-8H2,1-4H3,(H,13,16). The Hall–Kier alpha value is -1.79. The number of hydrogen-bond donors (Lipinski definition) is 1. The lowest BCUT2D eigenvalue weighted by molar-refractivity contribution is -0.148. The molecule has 19 heavy (non-hydrogen) atoms. The maximum Gasteiger partial charge on any atom is 0.407 e. The van der Waals surface area contributed by atoms with Crippen molar-refractivity contribution < 1.29 is 28.6 Å². The maximum atomic E-state index is 11.2. The van der Waals surface area contributed by atoms with Crippen LogP contribution in [-0.4, -0.2) is 43.9 Å². The number of nitrogens with one attached hydrogen (secondary N) is 1. The zero-order valence-electron chi connectivity index (χ0n) is 11.8. The van der Waals surface area contributed by atoms with Crippen molar-refractivity contribution in [2.75, 3.05) is 20.3 Å². The smallest absolute Gasteiger partial charge is 0.407 e. The molecule has 110 valence electrons. The number of carbonyl (C=O) groups is 3. The summed E-state index contributed by atoms with van der Waals surface area (Å²) in [6, 6.07) is 0. The minimum Gasteiger partial charge on any atom is -0.469 e. The van der Waals surface area contributed by atoms with Crippen LogP contribution < -0.4 is 5.32 Å². The van der Waals surface area contributed by atoms with Crippen molar-refractivity contribution in [3.63, 3.8) is 0 Å². The van der Waals surface area contributed by atoms with Crippen LogP contribution in [0, 0.1) is 0 Å². The van der Waals surface area contributed by atoms with Crippen molar-refractivity contribution in [3.8, 4) is 0 Å². The SMILES string of the molecule is COC(=O)CCC(=O)OCCNC(=O)OC(C)(C)C. The van der Waals surface area contributed by atoms with Gasteiger partial charge in [-0.3, -0.25) is 9.59 Å². The topological polar surface area (TPSA) is 90.9 Å². The van der Waals surface area contributed by atoms with Gasteiger partial charge < -0.3 is 19.5 Å². The van der Waals surface area contributed by atoms with Crippen LogP contribution in [0.2, 0.25) is 0 Å². The van der Waals surface area contributed by atoms with Crippen LogP contribution >= 0.6 is 0 Å². The number of esters is 2. The lowest BCUT2D eigenvalue weighted by Crippen LogP contribution is -2.34. The molecule has 0 aliphatic rings. The minimum atomic E-state index is -0.571. The zero-order valence-corrected chi connectivity index (χ0v) is 11.8. The molecule has 0 fully saturated rings. The first-order valence-electron chi connectivity index (χ1n) is 5.94. The lowest BCUT2D eigenvalue weighted by Gasteiger charge is -2.19. The Morgan fingerprint density at radius 2 is 1.63 bits per heavy atom. The molecule has 0 saturated heterocycles. The van der Waals surface area contributed by atoms with Gasteiger partial charge in [-0.15, -0.1) is 0 Å². The summed E-state index contributed by atoms with van der Waals surface area (Å²) in [5, 5.41) is 2.44. The van der Waals surface area contributed by atoms with E-state index in [2.05, 4.69) is 10.1 Å². The van der Waals surface area contributed by atoms with Gasteiger partial charge in [0.2, 0.25) is 0 Å². The highest BCUT2D eigenvalue weighted by atomic mass is 16.6. The summed E-state index contributed by atoms with van der Waals surface area (Å²) < 4.78 is 14.2. The van der Waals surface area contributed by atoms with Crippen molar-refractivity contribution in [1.29, 1.82) is 0 Å². The molecule has 0 aliphatic carbocycles. The molecule has 0 spiro atoms. The van der Waals surface area contributed by atoms with Gasteiger partial charge in [-0.1, -0.05) is 0 Å². The molecule has 7 heteroatoms. The molecule has 0 aliphatic heterocycles. The third kappa shape index (κ3) is 11.1. The van der Waals surface area contributed by atoms with Crippen LogP contribution in [0.1, 0.15) is 33.6 Å². The van der Waals surface area contributed by atoms with Gasteiger partial charge in [0.05, 0.1) is 26.5 Å². The summed E-state index contributed by atoms with van der Waals surface area (Å²) in [6.45, 7) is 5.43. The molecule has 0 unspecified atom stereocenters. The van der Waals surface area contributed by atoms with E-state index in [9.17, 15) is 14.4 Å². The van der Waals surface area contributed by atoms with Gasteiger partial charge in [0.15, 0.2) is 0 Å². The summed E-state index contributed by atoms with van der Waals surface area (Å²) in [5.74, 6) is -0.986. The summed E-state index contributed by atoms with van der Waals surface area (Å²) in [4.78, 5) is 33.2. The third-order valence-electron chi connectivity index (χ3n) is 1.79. The van der Waals surface area contributed by atoms with Crippen LogP contribution in [0.5, 0.6) is 0 Å². The van der Waals surface area contributed by atoms with Gasteiger partial charge in [0.25, 0.3) is 0 Å². The highest BCUT2D eigenvalue weighted by Crippen LogP contribution is 2.06. The molecule has 0 bridgehead atoms. The minimum absolute atomic E-state index is 0.0190. The van der Waals surface area contributed by atoms with Gasteiger partial charge in [-0.25, -0.2) is 4.79 Å². The summed E-state index contributed by atoms with van der Waals surface area (Å²) in [6.07, 6.45) is -0.633. The second-order valence-corrected chi connectivity index (χ2v) is 4.73. The van der Waals surface area contributed by atoms with E-state index in [0.717, 1.165) is 0 Å². The second-order valence-electron chi connectivity index (χ2n) is 4.73. The fourth-order valence-corrected chi connectivity index (χ4v) is 1.01. The van der Waals surface area contributed by atoms with Crippen molar-refractivity contribution >= 4 is 18.0 Å². The Balaban J connectivity index is 3.61. The number of amides is 1. The largest absolute Gasteiger partial charge is 0.469 e. The number of hydrogen-bond acceptors (Lipinski definition) is 6. The predicted octanol–water partition coefficient (Wildman–Crippen LogP) is 1.01. The number of carbonyl (C=O) groups excluding carboxylic acids is 3. The van der Waals surface area contributed by atoms with E-state index in [1.807, 2.05) is 0 Å². The Morgan fingerprint density at radius 1 is 1.05 bits per heavy atom. The van der Waals surface area contributed by atoms with Crippen LogP contribution in [0.4, 0.5) is 4.79 Å².